The summed E-state index contributed by atoms with van der Waals surface area (Å²) in [5, 5.41) is 2.43. The van der Waals surface area contributed by atoms with Crippen molar-refractivity contribution in [3.05, 3.63) is 132 Å². The van der Waals surface area contributed by atoms with E-state index in [1.807, 2.05) is 24.7 Å². The second-order valence-corrected chi connectivity index (χ2v) is 7.50. The molecule has 1 heterocycles. The number of imidazole rings is 1. The average Bonchev–Trinajstić information content (AvgIpc) is 3.34. The zero-order valence-electron chi connectivity index (χ0n) is 16.9. The fourth-order valence-corrected chi connectivity index (χ4v) is 3.83. The van der Waals surface area contributed by atoms with E-state index in [9.17, 15) is 4.39 Å². The zero-order chi connectivity index (χ0) is 21.0. The lowest BCUT2D eigenvalue weighted by molar-refractivity contribution is 0.306. The van der Waals surface area contributed by atoms with Crippen LogP contribution in [0.5, 0.6) is 5.75 Å². The molecular formula is C27H21FN2O. The fraction of sp³-hybridized carbons (Fsp3) is 0.0741. The van der Waals surface area contributed by atoms with Gasteiger partial charge < -0.3 is 9.30 Å². The van der Waals surface area contributed by atoms with Crippen LogP contribution in [0.2, 0.25) is 0 Å². The summed E-state index contributed by atoms with van der Waals surface area (Å²) in [5.74, 6) is 0.531. The van der Waals surface area contributed by atoms with Gasteiger partial charge in [0.15, 0.2) is 0 Å². The van der Waals surface area contributed by atoms with Crippen LogP contribution in [0.1, 0.15) is 22.7 Å². The minimum absolute atomic E-state index is 0.0123. The summed E-state index contributed by atoms with van der Waals surface area (Å²) in [5.41, 5.74) is 3.26. The van der Waals surface area contributed by atoms with Gasteiger partial charge in [0, 0.05) is 12.4 Å². The highest BCUT2D eigenvalue weighted by molar-refractivity contribution is 5.83. The fourth-order valence-electron chi connectivity index (χ4n) is 3.83. The molecule has 31 heavy (non-hydrogen) atoms. The minimum Gasteiger partial charge on any atom is -0.489 e. The van der Waals surface area contributed by atoms with Crippen LogP contribution in [0, 0.1) is 5.82 Å². The first-order valence-corrected chi connectivity index (χ1v) is 10.2. The van der Waals surface area contributed by atoms with E-state index in [4.69, 9.17) is 4.74 Å². The number of ether oxygens (including phenoxy) is 1. The van der Waals surface area contributed by atoms with Crippen LogP contribution in [-0.2, 0) is 6.61 Å². The Hall–Kier alpha value is -3.92. The Morgan fingerprint density at radius 3 is 2.29 bits per heavy atom. The molecule has 1 atom stereocenters. The van der Waals surface area contributed by atoms with Crippen LogP contribution in [0.3, 0.4) is 0 Å². The smallest absolute Gasteiger partial charge is 0.123 e. The van der Waals surface area contributed by atoms with E-state index in [1.54, 1.807) is 18.3 Å². The van der Waals surface area contributed by atoms with Gasteiger partial charge in [0.05, 0.1) is 12.4 Å². The van der Waals surface area contributed by atoms with E-state index >= 15 is 0 Å². The van der Waals surface area contributed by atoms with E-state index in [1.165, 1.54) is 28.5 Å². The zero-order valence-corrected chi connectivity index (χ0v) is 16.9. The Balaban J connectivity index is 1.42. The first-order valence-electron chi connectivity index (χ1n) is 10.2. The number of nitrogens with zero attached hydrogens (tertiary/aromatic N) is 2. The molecular weight excluding hydrogens is 387 g/mol. The van der Waals surface area contributed by atoms with Gasteiger partial charge in [-0.2, -0.15) is 0 Å². The highest BCUT2D eigenvalue weighted by Gasteiger charge is 2.16. The Morgan fingerprint density at radius 2 is 1.55 bits per heavy atom. The number of aromatic nitrogens is 2. The van der Waals surface area contributed by atoms with Crippen LogP contribution >= 0.6 is 0 Å². The van der Waals surface area contributed by atoms with Crippen LogP contribution in [0.15, 0.2) is 110 Å². The van der Waals surface area contributed by atoms with Gasteiger partial charge >= 0.3 is 0 Å². The monoisotopic (exact) mass is 408 g/mol. The van der Waals surface area contributed by atoms with Crippen LogP contribution in [-0.4, -0.2) is 9.55 Å². The molecule has 0 aliphatic carbocycles. The third-order valence-corrected chi connectivity index (χ3v) is 5.43. The van der Waals surface area contributed by atoms with Gasteiger partial charge in [0.25, 0.3) is 0 Å². The van der Waals surface area contributed by atoms with Crippen molar-refractivity contribution in [2.45, 2.75) is 12.6 Å². The number of fused-ring (bicyclic) bond motifs is 1. The number of halogens is 1. The van der Waals surface area contributed by atoms with Crippen LogP contribution < -0.4 is 4.74 Å². The lowest BCUT2D eigenvalue weighted by Gasteiger charge is -2.20. The van der Waals surface area contributed by atoms with Gasteiger partial charge in [0.2, 0.25) is 0 Å². The molecule has 0 aliphatic rings. The molecule has 3 nitrogen and oxygen atoms in total. The molecule has 4 heteroatoms. The van der Waals surface area contributed by atoms with E-state index in [2.05, 4.69) is 64.1 Å². The molecule has 5 aromatic rings. The topological polar surface area (TPSA) is 27.1 Å². The molecule has 0 amide bonds. The molecule has 4 aromatic carbocycles. The average molecular weight is 408 g/mol. The molecule has 0 bridgehead atoms. The van der Waals surface area contributed by atoms with Gasteiger partial charge in [-0.3, -0.25) is 0 Å². The number of hydrogen-bond donors (Lipinski definition) is 0. The second kappa shape index (κ2) is 8.44. The maximum absolute atomic E-state index is 13.1. The van der Waals surface area contributed by atoms with Crippen molar-refractivity contribution in [2.24, 2.45) is 0 Å². The highest BCUT2D eigenvalue weighted by Crippen LogP contribution is 2.30. The SMILES string of the molecule is Fc1ccc(COc2ccc(C(c3ccc4ccccc4c3)n3ccnc3)cc2)cc1. The summed E-state index contributed by atoms with van der Waals surface area (Å²) in [6.07, 6.45) is 5.63. The van der Waals surface area contributed by atoms with Crippen LogP contribution in [0.4, 0.5) is 4.39 Å². The van der Waals surface area contributed by atoms with Crippen molar-refractivity contribution in [3.63, 3.8) is 0 Å². The largest absolute Gasteiger partial charge is 0.489 e. The Kier molecular flexibility index (Phi) is 5.19. The molecule has 0 saturated carbocycles. The molecule has 0 fully saturated rings. The van der Waals surface area contributed by atoms with Gasteiger partial charge in [-0.05, 0) is 57.8 Å². The quantitative estimate of drug-likeness (QED) is 0.325. The van der Waals surface area contributed by atoms with Gasteiger partial charge in [0.1, 0.15) is 18.2 Å². The first-order chi connectivity index (χ1) is 15.3. The number of rotatable bonds is 6. The summed E-state index contributed by atoms with van der Waals surface area (Å²) in [6.45, 7) is 0.398. The third kappa shape index (κ3) is 4.19. The predicted octanol–water partition coefficient (Wildman–Crippen LogP) is 6.39. The summed E-state index contributed by atoms with van der Waals surface area (Å²) in [6, 6.07) is 29.4. The Bertz CT molecular complexity index is 1280. The molecule has 0 saturated heterocycles. The molecule has 0 aliphatic heterocycles. The van der Waals surface area contributed by atoms with Crippen molar-refractivity contribution in [1.29, 1.82) is 0 Å². The molecule has 1 unspecified atom stereocenters. The van der Waals surface area contributed by atoms with Gasteiger partial charge in [-0.25, -0.2) is 9.37 Å². The van der Waals surface area contributed by atoms with Crippen LogP contribution in [0.25, 0.3) is 10.8 Å². The lowest BCUT2D eigenvalue weighted by atomic mass is 9.96. The number of benzene rings is 4. The molecule has 152 valence electrons. The van der Waals surface area contributed by atoms with Crippen molar-refractivity contribution in [1.82, 2.24) is 9.55 Å². The predicted molar refractivity (Wildman–Crippen MR) is 121 cm³/mol. The highest BCUT2D eigenvalue weighted by atomic mass is 19.1. The summed E-state index contributed by atoms with van der Waals surface area (Å²) in [7, 11) is 0. The van der Waals surface area contributed by atoms with E-state index in [-0.39, 0.29) is 11.9 Å². The van der Waals surface area contributed by atoms with Crippen molar-refractivity contribution in [3.8, 4) is 5.75 Å². The second-order valence-electron chi connectivity index (χ2n) is 7.50. The third-order valence-electron chi connectivity index (χ3n) is 5.43. The standard InChI is InChI=1S/C27H21FN2O/c28-25-11-5-20(6-12-25)18-31-26-13-9-22(10-14-26)27(30-16-15-29-19-30)24-8-7-21-3-1-2-4-23(21)17-24/h1-17,19,27H,18H2. The molecule has 0 N–H and O–H groups in total. The summed E-state index contributed by atoms with van der Waals surface area (Å²) < 4.78 is 21.1. The maximum Gasteiger partial charge on any atom is 0.123 e. The Morgan fingerprint density at radius 1 is 0.806 bits per heavy atom. The summed E-state index contributed by atoms with van der Waals surface area (Å²) >= 11 is 0. The van der Waals surface area contributed by atoms with E-state index < -0.39 is 0 Å². The lowest BCUT2D eigenvalue weighted by Crippen LogP contribution is -2.10. The first kappa shape index (κ1) is 19.1. The Labute approximate surface area is 180 Å². The molecule has 0 spiro atoms. The number of hydrogen-bond acceptors (Lipinski definition) is 2. The van der Waals surface area contributed by atoms with Crippen molar-refractivity contribution < 1.29 is 9.13 Å². The minimum atomic E-state index is -0.243. The maximum atomic E-state index is 13.1. The van der Waals surface area contributed by atoms with Gasteiger partial charge in [-0.1, -0.05) is 60.7 Å². The van der Waals surface area contributed by atoms with Crippen molar-refractivity contribution in [2.75, 3.05) is 0 Å². The van der Waals surface area contributed by atoms with E-state index in [0.29, 0.717) is 6.61 Å². The van der Waals surface area contributed by atoms with Gasteiger partial charge in [-0.15, -0.1) is 0 Å². The summed E-state index contributed by atoms with van der Waals surface area (Å²) in [4.78, 5) is 4.25. The molecule has 1 aromatic heterocycles. The van der Waals surface area contributed by atoms with Crippen molar-refractivity contribution >= 4 is 10.8 Å². The molecule has 5 rings (SSSR count). The molecule has 0 radical (unpaired) electrons. The van der Waals surface area contributed by atoms with E-state index in [0.717, 1.165) is 16.9 Å². The normalized spacial score (nSPS) is 12.0.